The molecular formula is C29H25ClF2N6O2. The van der Waals surface area contributed by atoms with Crippen LogP contribution >= 0.6 is 11.6 Å². The number of amides is 1. The monoisotopic (exact) mass is 562 g/mol. The second-order valence-electron chi connectivity index (χ2n) is 10.6. The van der Waals surface area contributed by atoms with E-state index in [1.54, 1.807) is 35.2 Å². The van der Waals surface area contributed by atoms with Gasteiger partial charge in [-0.15, -0.1) is 5.10 Å². The lowest BCUT2D eigenvalue weighted by atomic mass is 9.80. The number of nitriles is 1. The van der Waals surface area contributed by atoms with Crippen molar-refractivity contribution in [3.8, 4) is 28.3 Å². The molecule has 1 saturated carbocycles. The summed E-state index contributed by atoms with van der Waals surface area (Å²) in [5.41, 5.74) is 7.04. The first kappa shape index (κ1) is 26.3. The van der Waals surface area contributed by atoms with Crippen molar-refractivity contribution in [2.75, 3.05) is 13.1 Å². The van der Waals surface area contributed by atoms with Crippen LogP contribution in [-0.4, -0.2) is 55.6 Å². The zero-order valence-corrected chi connectivity index (χ0v) is 22.1. The Morgan fingerprint density at radius 1 is 1.18 bits per heavy atom. The molecule has 1 saturated heterocycles. The number of nitrogens with two attached hydrogens (primary N) is 1. The number of hydrogen-bond donors (Lipinski definition) is 2. The van der Waals surface area contributed by atoms with Crippen molar-refractivity contribution >= 4 is 28.5 Å². The van der Waals surface area contributed by atoms with Crippen LogP contribution in [0.25, 0.3) is 33.3 Å². The third-order valence-corrected chi connectivity index (χ3v) is 8.22. The van der Waals surface area contributed by atoms with E-state index in [0.717, 1.165) is 6.42 Å². The standard InChI is InChI=1S/C29H25ClF2N6O2/c30-25-26(32)22(12-24-27(25)38(36-35-24)15-29(40)7-1-8-29)20-5-4-17(28(39)37-9-6-19(34)14-37)10-21(20)16-2-3-18(13-33)23(31)11-16/h2-5,10-12,19,40H,1,6-9,14-15,34H2/t19-/m0/s1. The fourth-order valence-electron chi connectivity index (χ4n) is 5.48. The van der Waals surface area contributed by atoms with Gasteiger partial charge in [0, 0.05) is 30.3 Å². The van der Waals surface area contributed by atoms with Crippen LogP contribution in [0.15, 0.2) is 42.5 Å². The molecule has 0 bridgehead atoms. The molecule has 8 nitrogen and oxygen atoms in total. The molecule has 0 spiro atoms. The van der Waals surface area contributed by atoms with Gasteiger partial charge in [0.2, 0.25) is 0 Å². The molecule has 1 aliphatic heterocycles. The Hall–Kier alpha value is -3.91. The van der Waals surface area contributed by atoms with Gasteiger partial charge < -0.3 is 15.7 Å². The van der Waals surface area contributed by atoms with Crippen LogP contribution in [0.4, 0.5) is 8.78 Å². The van der Waals surface area contributed by atoms with Crippen LogP contribution in [-0.2, 0) is 6.54 Å². The van der Waals surface area contributed by atoms with Crippen molar-refractivity contribution in [1.82, 2.24) is 19.9 Å². The van der Waals surface area contributed by atoms with Gasteiger partial charge >= 0.3 is 0 Å². The minimum absolute atomic E-state index is 0.0915. The first-order chi connectivity index (χ1) is 19.2. The maximum Gasteiger partial charge on any atom is 0.253 e. The first-order valence-corrected chi connectivity index (χ1v) is 13.4. The van der Waals surface area contributed by atoms with Gasteiger partial charge in [-0.3, -0.25) is 4.79 Å². The fraction of sp³-hybridized carbons (Fsp3) is 0.310. The van der Waals surface area contributed by atoms with Gasteiger partial charge in [0.1, 0.15) is 27.9 Å². The Morgan fingerprint density at radius 2 is 1.98 bits per heavy atom. The number of rotatable bonds is 5. The van der Waals surface area contributed by atoms with E-state index in [4.69, 9.17) is 17.3 Å². The summed E-state index contributed by atoms with van der Waals surface area (Å²) in [5.74, 6) is -1.71. The van der Waals surface area contributed by atoms with Gasteiger partial charge in [-0.05, 0) is 72.7 Å². The van der Waals surface area contributed by atoms with Gasteiger partial charge in [0.25, 0.3) is 5.91 Å². The van der Waals surface area contributed by atoms with E-state index in [1.807, 2.05) is 0 Å². The number of likely N-dealkylation sites (tertiary alicyclic amines) is 1. The van der Waals surface area contributed by atoms with Crippen LogP contribution in [0.5, 0.6) is 0 Å². The summed E-state index contributed by atoms with van der Waals surface area (Å²) < 4.78 is 32.1. The minimum atomic E-state index is -0.923. The minimum Gasteiger partial charge on any atom is -0.388 e. The Kier molecular flexibility index (Phi) is 6.53. The molecule has 2 heterocycles. The van der Waals surface area contributed by atoms with E-state index < -0.39 is 17.2 Å². The largest absolute Gasteiger partial charge is 0.388 e. The molecule has 6 rings (SSSR count). The van der Waals surface area contributed by atoms with E-state index in [2.05, 4.69) is 10.3 Å². The van der Waals surface area contributed by atoms with Crippen molar-refractivity contribution in [3.63, 3.8) is 0 Å². The van der Waals surface area contributed by atoms with Crippen molar-refractivity contribution in [1.29, 1.82) is 5.26 Å². The normalized spacial score (nSPS) is 18.1. The highest BCUT2D eigenvalue weighted by molar-refractivity contribution is 6.35. The Morgan fingerprint density at radius 3 is 2.62 bits per heavy atom. The van der Waals surface area contributed by atoms with Crippen molar-refractivity contribution in [3.05, 3.63) is 70.2 Å². The van der Waals surface area contributed by atoms with Gasteiger partial charge in [0.05, 0.1) is 17.7 Å². The van der Waals surface area contributed by atoms with Crippen LogP contribution in [0.1, 0.15) is 41.6 Å². The summed E-state index contributed by atoms with van der Waals surface area (Å²) in [6.45, 7) is 1.09. The van der Waals surface area contributed by atoms with E-state index in [-0.39, 0.29) is 40.2 Å². The maximum absolute atomic E-state index is 16.0. The highest BCUT2D eigenvalue weighted by atomic mass is 35.5. The quantitative estimate of drug-likeness (QED) is 0.365. The Labute approximate surface area is 233 Å². The summed E-state index contributed by atoms with van der Waals surface area (Å²) in [7, 11) is 0. The number of fused-ring (bicyclic) bond motifs is 1. The molecule has 0 unspecified atom stereocenters. The van der Waals surface area contributed by atoms with E-state index in [1.165, 1.54) is 22.9 Å². The molecule has 0 radical (unpaired) electrons. The summed E-state index contributed by atoms with van der Waals surface area (Å²) in [5, 5.41) is 27.9. The van der Waals surface area contributed by atoms with Crippen molar-refractivity contribution < 1.29 is 18.7 Å². The molecule has 1 atom stereocenters. The fourth-order valence-corrected chi connectivity index (χ4v) is 5.77. The number of hydrogen-bond acceptors (Lipinski definition) is 6. The van der Waals surface area contributed by atoms with Gasteiger partial charge in [-0.25, -0.2) is 13.5 Å². The number of carbonyl (C=O) groups excluding carboxylic acids is 1. The SMILES string of the molecule is N#Cc1ccc(-c2cc(C(=O)N3CC[C@H](N)C3)ccc2-c2cc3nnn(CC4(O)CCC4)c3c(Cl)c2F)cc1F. The third-order valence-electron chi connectivity index (χ3n) is 7.88. The molecule has 4 aromatic rings. The predicted octanol–water partition coefficient (Wildman–Crippen LogP) is 4.66. The lowest BCUT2D eigenvalue weighted by molar-refractivity contribution is -0.0492. The second-order valence-corrected chi connectivity index (χ2v) is 11.0. The molecule has 3 aromatic carbocycles. The summed E-state index contributed by atoms with van der Waals surface area (Å²) in [4.78, 5) is 14.9. The van der Waals surface area contributed by atoms with Crippen molar-refractivity contribution in [2.24, 2.45) is 5.73 Å². The number of halogens is 3. The highest BCUT2D eigenvalue weighted by Gasteiger charge is 2.36. The summed E-state index contributed by atoms with van der Waals surface area (Å²) >= 11 is 6.54. The Bertz CT molecular complexity index is 1710. The average molecular weight is 563 g/mol. The number of aromatic nitrogens is 3. The molecule has 1 aromatic heterocycles. The number of aliphatic hydroxyl groups is 1. The van der Waals surface area contributed by atoms with Crippen molar-refractivity contribution in [2.45, 2.75) is 43.9 Å². The topological polar surface area (TPSA) is 121 Å². The third kappa shape index (κ3) is 4.50. The van der Waals surface area contributed by atoms with Crippen LogP contribution in [0, 0.1) is 23.0 Å². The van der Waals surface area contributed by atoms with Crippen LogP contribution in [0.2, 0.25) is 5.02 Å². The molecule has 1 amide bonds. The van der Waals surface area contributed by atoms with Crippen LogP contribution in [0.3, 0.4) is 0 Å². The average Bonchev–Trinajstić information content (AvgIpc) is 3.55. The van der Waals surface area contributed by atoms with E-state index >= 15 is 4.39 Å². The van der Waals surface area contributed by atoms with E-state index in [9.17, 15) is 19.6 Å². The summed E-state index contributed by atoms with van der Waals surface area (Å²) in [6.07, 6.45) is 2.83. The number of nitrogens with zero attached hydrogens (tertiary/aromatic N) is 5. The summed E-state index contributed by atoms with van der Waals surface area (Å²) in [6, 6.07) is 12.0. The molecular weight excluding hydrogens is 538 g/mol. The molecule has 40 heavy (non-hydrogen) atoms. The van der Waals surface area contributed by atoms with E-state index in [0.29, 0.717) is 60.1 Å². The molecule has 2 fully saturated rings. The lowest BCUT2D eigenvalue weighted by Crippen LogP contribution is -2.41. The second kappa shape index (κ2) is 9.93. The van der Waals surface area contributed by atoms with Gasteiger partial charge in [-0.2, -0.15) is 5.26 Å². The molecule has 11 heteroatoms. The zero-order chi connectivity index (χ0) is 28.2. The zero-order valence-electron chi connectivity index (χ0n) is 21.4. The molecule has 1 aliphatic carbocycles. The molecule has 3 N–H and O–H groups in total. The Balaban J connectivity index is 1.49. The smallest absolute Gasteiger partial charge is 0.253 e. The van der Waals surface area contributed by atoms with Gasteiger partial charge in [-0.1, -0.05) is 28.9 Å². The molecule has 204 valence electrons. The number of benzene rings is 3. The van der Waals surface area contributed by atoms with Gasteiger partial charge in [0.15, 0.2) is 5.82 Å². The van der Waals surface area contributed by atoms with Crippen LogP contribution < -0.4 is 5.73 Å². The highest BCUT2D eigenvalue weighted by Crippen LogP contribution is 2.41. The molecule has 2 aliphatic rings. The lowest BCUT2D eigenvalue weighted by Gasteiger charge is -2.36. The first-order valence-electron chi connectivity index (χ1n) is 13.0. The predicted molar refractivity (Wildman–Crippen MR) is 145 cm³/mol. The number of carbonyl (C=O) groups is 1. The maximum atomic E-state index is 16.0.